The van der Waals surface area contributed by atoms with E-state index in [2.05, 4.69) is 0 Å². The second-order valence-corrected chi connectivity index (χ2v) is 3.97. The summed E-state index contributed by atoms with van der Waals surface area (Å²) in [5.41, 5.74) is 0. The van der Waals surface area contributed by atoms with Gasteiger partial charge in [0.05, 0.1) is 0 Å². The van der Waals surface area contributed by atoms with Gasteiger partial charge in [0.25, 0.3) is 0 Å². The fourth-order valence-electron chi connectivity index (χ4n) is 1.52. The quantitative estimate of drug-likeness (QED) is 0.643. The first-order valence-corrected chi connectivity index (χ1v) is 7.08. The minimum atomic E-state index is -0.334. The molecule has 6 heteroatoms. The van der Waals surface area contributed by atoms with Gasteiger partial charge >= 0.3 is 12.2 Å². The van der Waals surface area contributed by atoms with E-state index >= 15 is 0 Å². The van der Waals surface area contributed by atoms with Gasteiger partial charge in [-0.2, -0.15) is 0 Å². The minimum absolute atomic E-state index is 0.179. The molecule has 0 fully saturated rings. The molecule has 0 aromatic carbocycles. The molecule has 2 amide bonds. The molecular formula is C14H26N2O4. The van der Waals surface area contributed by atoms with Crippen LogP contribution in [0.15, 0.2) is 12.2 Å². The van der Waals surface area contributed by atoms with E-state index in [1.54, 1.807) is 22.0 Å². The molecule has 0 bridgehead atoms. The van der Waals surface area contributed by atoms with Gasteiger partial charge in [-0.25, -0.2) is 9.59 Å². The van der Waals surface area contributed by atoms with Crippen molar-refractivity contribution in [2.45, 2.75) is 27.7 Å². The van der Waals surface area contributed by atoms with E-state index in [-0.39, 0.29) is 25.4 Å². The SMILES string of the molecule is CCN(CC)C(=O)OCC=CCOC(=O)N(CC)CC. The van der Waals surface area contributed by atoms with E-state index in [9.17, 15) is 9.59 Å². The molecule has 0 N–H and O–H groups in total. The van der Waals surface area contributed by atoms with Crippen LogP contribution in [0, 0.1) is 0 Å². The molecule has 0 rings (SSSR count). The Bertz CT molecular complexity index is 280. The standard InChI is InChI=1S/C14H26N2O4/c1-5-15(6-2)13(17)19-11-9-10-12-20-14(18)16(7-3)8-4/h9-10H,5-8,11-12H2,1-4H3. The van der Waals surface area contributed by atoms with Crippen LogP contribution < -0.4 is 0 Å². The van der Waals surface area contributed by atoms with Crippen LogP contribution in [0.5, 0.6) is 0 Å². The summed E-state index contributed by atoms with van der Waals surface area (Å²) in [6, 6.07) is 0. The molecule has 0 atom stereocenters. The molecule has 0 heterocycles. The molecule has 20 heavy (non-hydrogen) atoms. The summed E-state index contributed by atoms with van der Waals surface area (Å²) in [6.45, 7) is 10.4. The molecule has 116 valence electrons. The van der Waals surface area contributed by atoms with Crippen LogP contribution in [0.4, 0.5) is 9.59 Å². The molecule has 0 aliphatic rings. The predicted octanol–water partition coefficient (Wildman–Crippen LogP) is 2.50. The van der Waals surface area contributed by atoms with Crippen LogP contribution in [0.2, 0.25) is 0 Å². The zero-order chi connectivity index (χ0) is 15.4. The Labute approximate surface area is 121 Å². The Balaban J connectivity index is 3.83. The van der Waals surface area contributed by atoms with Crippen LogP contribution in [-0.2, 0) is 9.47 Å². The zero-order valence-electron chi connectivity index (χ0n) is 12.9. The summed E-state index contributed by atoms with van der Waals surface area (Å²) in [5, 5.41) is 0. The number of hydrogen-bond acceptors (Lipinski definition) is 4. The monoisotopic (exact) mass is 286 g/mol. The molecule has 0 unspecified atom stereocenters. The summed E-state index contributed by atoms with van der Waals surface area (Å²) in [5.74, 6) is 0. The fraction of sp³-hybridized carbons (Fsp3) is 0.714. The number of ether oxygens (including phenoxy) is 2. The van der Waals surface area contributed by atoms with Gasteiger partial charge in [0, 0.05) is 26.2 Å². The van der Waals surface area contributed by atoms with Crippen molar-refractivity contribution in [2.75, 3.05) is 39.4 Å². The maximum atomic E-state index is 11.5. The highest BCUT2D eigenvalue weighted by Gasteiger charge is 2.10. The molecule has 0 saturated carbocycles. The number of nitrogens with zero attached hydrogens (tertiary/aromatic N) is 2. The summed E-state index contributed by atoms with van der Waals surface area (Å²) in [7, 11) is 0. The Hall–Kier alpha value is -1.72. The van der Waals surface area contributed by atoms with Crippen molar-refractivity contribution in [2.24, 2.45) is 0 Å². The third kappa shape index (κ3) is 7.01. The average Bonchev–Trinajstić information content (AvgIpc) is 2.45. The highest BCUT2D eigenvalue weighted by Crippen LogP contribution is 1.95. The lowest BCUT2D eigenvalue weighted by molar-refractivity contribution is 0.113. The summed E-state index contributed by atoms with van der Waals surface area (Å²) in [6.07, 6.45) is 2.66. The highest BCUT2D eigenvalue weighted by atomic mass is 16.6. The van der Waals surface area contributed by atoms with Gasteiger partial charge in [-0.3, -0.25) is 0 Å². The van der Waals surface area contributed by atoms with Crippen molar-refractivity contribution >= 4 is 12.2 Å². The number of carbonyl (C=O) groups excluding carboxylic acids is 2. The lowest BCUT2D eigenvalue weighted by Gasteiger charge is -2.17. The maximum absolute atomic E-state index is 11.5. The van der Waals surface area contributed by atoms with E-state index in [0.717, 1.165) is 0 Å². The molecular weight excluding hydrogens is 260 g/mol. The molecule has 0 radical (unpaired) electrons. The highest BCUT2D eigenvalue weighted by molar-refractivity contribution is 5.68. The van der Waals surface area contributed by atoms with E-state index in [0.29, 0.717) is 26.2 Å². The third-order valence-electron chi connectivity index (χ3n) is 2.82. The topological polar surface area (TPSA) is 59.1 Å². The van der Waals surface area contributed by atoms with Gasteiger partial charge in [-0.1, -0.05) is 0 Å². The van der Waals surface area contributed by atoms with Crippen molar-refractivity contribution in [3.63, 3.8) is 0 Å². The van der Waals surface area contributed by atoms with Gasteiger partial charge in [0.1, 0.15) is 13.2 Å². The van der Waals surface area contributed by atoms with Gasteiger partial charge in [0.2, 0.25) is 0 Å². The van der Waals surface area contributed by atoms with Crippen LogP contribution >= 0.6 is 0 Å². The largest absolute Gasteiger partial charge is 0.445 e. The number of carbonyl (C=O) groups is 2. The van der Waals surface area contributed by atoms with Gasteiger partial charge in [-0.15, -0.1) is 0 Å². The summed E-state index contributed by atoms with van der Waals surface area (Å²) >= 11 is 0. The second-order valence-electron chi connectivity index (χ2n) is 3.97. The Morgan fingerprint density at radius 1 is 0.750 bits per heavy atom. The molecule has 0 aromatic heterocycles. The fourth-order valence-corrected chi connectivity index (χ4v) is 1.52. The third-order valence-corrected chi connectivity index (χ3v) is 2.82. The maximum Gasteiger partial charge on any atom is 0.410 e. The molecule has 0 aliphatic carbocycles. The van der Waals surface area contributed by atoms with Crippen LogP contribution in [0.1, 0.15) is 27.7 Å². The molecule has 0 aromatic rings. The van der Waals surface area contributed by atoms with Crippen molar-refractivity contribution in [1.29, 1.82) is 0 Å². The summed E-state index contributed by atoms with van der Waals surface area (Å²) in [4.78, 5) is 26.2. The average molecular weight is 286 g/mol. The van der Waals surface area contributed by atoms with Crippen molar-refractivity contribution < 1.29 is 19.1 Å². The molecule has 0 saturated heterocycles. The predicted molar refractivity (Wildman–Crippen MR) is 77.7 cm³/mol. The van der Waals surface area contributed by atoms with Crippen LogP contribution in [-0.4, -0.2) is 61.4 Å². The van der Waals surface area contributed by atoms with E-state index in [4.69, 9.17) is 9.47 Å². The normalized spacial score (nSPS) is 10.4. The number of amides is 2. The van der Waals surface area contributed by atoms with E-state index in [1.165, 1.54) is 0 Å². The number of rotatable bonds is 8. The zero-order valence-corrected chi connectivity index (χ0v) is 12.9. The molecule has 0 aliphatic heterocycles. The first kappa shape index (κ1) is 18.3. The summed E-state index contributed by atoms with van der Waals surface area (Å²) < 4.78 is 10.1. The van der Waals surface area contributed by atoms with E-state index in [1.807, 2.05) is 27.7 Å². The van der Waals surface area contributed by atoms with Gasteiger partial charge in [0.15, 0.2) is 0 Å². The second kappa shape index (κ2) is 11.1. The lowest BCUT2D eigenvalue weighted by atomic mass is 10.5. The molecule has 6 nitrogen and oxygen atoms in total. The first-order chi connectivity index (χ1) is 9.60. The first-order valence-electron chi connectivity index (χ1n) is 7.08. The van der Waals surface area contributed by atoms with Crippen molar-refractivity contribution in [3.8, 4) is 0 Å². The minimum Gasteiger partial charge on any atom is -0.445 e. The van der Waals surface area contributed by atoms with Crippen LogP contribution in [0.3, 0.4) is 0 Å². The van der Waals surface area contributed by atoms with Gasteiger partial charge < -0.3 is 19.3 Å². The van der Waals surface area contributed by atoms with E-state index < -0.39 is 0 Å². The van der Waals surface area contributed by atoms with Crippen molar-refractivity contribution in [1.82, 2.24) is 9.80 Å². The van der Waals surface area contributed by atoms with Crippen LogP contribution in [0.25, 0.3) is 0 Å². The molecule has 0 spiro atoms. The van der Waals surface area contributed by atoms with Crippen molar-refractivity contribution in [3.05, 3.63) is 12.2 Å². The smallest absolute Gasteiger partial charge is 0.410 e. The Morgan fingerprint density at radius 2 is 1.05 bits per heavy atom. The Morgan fingerprint density at radius 3 is 1.30 bits per heavy atom. The lowest BCUT2D eigenvalue weighted by Crippen LogP contribution is -2.31. The Kier molecular flexibility index (Phi) is 10.2. The number of hydrogen-bond donors (Lipinski definition) is 0. The van der Waals surface area contributed by atoms with Gasteiger partial charge in [-0.05, 0) is 39.8 Å².